The Morgan fingerprint density at radius 3 is 2.00 bits per heavy atom. The summed E-state index contributed by atoms with van der Waals surface area (Å²) in [5, 5.41) is 3.00. The van der Waals surface area contributed by atoms with Gasteiger partial charge in [-0.2, -0.15) is 0 Å². The SMILES string of the molecule is CCc1cccc(CC)c1NC(=O)c1cc(N)cc(N)c1. The molecule has 0 aliphatic carbocycles. The van der Waals surface area contributed by atoms with Gasteiger partial charge in [-0.25, -0.2) is 0 Å². The van der Waals surface area contributed by atoms with Crippen molar-refractivity contribution in [1.82, 2.24) is 0 Å². The van der Waals surface area contributed by atoms with Gasteiger partial charge < -0.3 is 16.8 Å². The molecule has 0 saturated carbocycles. The fourth-order valence-electron chi connectivity index (χ4n) is 2.40. The first-order valence-corrected chi connectivity index (χ1v) is 7.13. The molecule has 0 unspecified atom stereocenters. The van der Waals surface area contributed by atoms with Gasteiger partial charge in [0.25, 0.3) is 5.91 Å². The molecule has 0 spiro atoms. The van der Waals surface area contributed by atoms with Gasteiger partial charge in [-0.15, -0.1) is 0 Å². The number of hydrogen-bond acceptors (Lipinski definition) is 3. The van der Waals surface area contributed by atoms with E-state index in [9.17, 15) is 4.79 Å². The summed E-state index contributed by atoms with van der Waals surface area (Å²) in [6.45, 7) is 4.14. The first-order valence-electron chi connectivity index (χ1n) is 7.13. The molecule has 0 saturated heterocycles. The van der Waals surface area contributed by atoms with Gasteiger partial charge in [-0.1, -0.05) is 32.0 Å². The summed E-state index contributed by atoms with van der Waals surface area (Å²) in [7, 11) is 0. The monoisotopic (exact) mass is 283 g/mol. The maximum absolute atomic E-state index is 12.4. The summed E-state index contributed by atoms with van der Waals surface area (Å²) in [4.78, 5) is 12.4. The second-order valence-corrected chi connectivity index (χ2v) is 5.00. The molecule has 0 aliphatic rings. The zero-order valence-corrected chi connectivity index (χ0v) is 12.4. The molecule has 0 atom stereocenters. The van der Waals surface area contributed by atoms with Crippen LogP contribution in [0.25, 0.3) is 0 Å². The van der Waals surface area contributed by atoms with Crippen LogP contribution in [-0.2, 0) is 12.8 Å². The van der Waals surface area contributed by atoms with Crippen LogP contribution in [0.2, 0.25) is 0 Å². The predicted molar refractivity (Wildman–Crippen MR) is 88.4 cm³/mol. The highest BCUT2D eigenvalue weighted by molar-refractivity contribution is 6.06. The van der Waals surface area contributed by atoms with Crippen molar-refractivity contribution >= 4 is 23.0 Å². The summed E-state index contributed by atoms with van der Waals surface area (Å²) < 4.78 is 0. The van der Waals surface area contributed by atoms with Crippen molar-refractivity contribution in [1.29, 1.82) is 0 Å². The van der Waals surface area contributed by atoms with E-state index < -0.39 is 0 Å². The number of rotatable bonds is 4. The fourth-order valence-corrected chi connectivity index (χ4v) is 2.40. The third-order valence-corrected chi connectivity index (χ3v) is 3.48. The topological polar surface area (TPSA) is 81.1 Å². The van der Waals surface area contributed by atoms with Crippen LogP contribution in [0.4, 0.5) is 17.1 Å². The molecule has 0 aromatic heterocycles. The van der Waals surface area contributed by atoms with E-state index in [1.807, 2.05) is 18.2 Å². The third kappa shape index (κ3) is 3.34. The Kier molecular flexibility index (Phi) is 4.48. The van der Waals surface area contributed by atoms with Crippen LogP contribution in [0.3, 0.4) is 0 Å². The van der Waals surface area contributed by atoms with Crippen molar-refractivity contribution < 1.29 is 4.79 Å². The molecule has 4 heteroatoms. The zero-order chi connectivity index (χ0) is 15.4. The summed E-state index contributed by atoms with van der Waals surface area (Å²) in [5.41, 5.74) is 16.1. The van der Waals surface area contributed by atoms with Gasteiger partial charge in [-0.3, -0.25) is 4.79 Å². The van der Waals surface area contributed by atoms with E-state index in [0.717, 1.165) is 29.7 Å². The van der Waals surface area contributed by atoms with Gasteiger partial charge in [-0.05, 0) is 42.2 Å². The maximum Gasteiger partial charge on any atom is 0.255 e. The number of benzene rings is 2. The highest BCUT2D eigenvalue weighted by Gasteiger charge is 2.12. The van der Waals surface area contributed by atoms with Gasteiger partial charge in [0.05, 0.1) is 0 Å². The number of para-hydroxylation sites is 1. The Balaban J connectivity index is 2.35. The minimum absolute atomic E-state index is 0.190. The van der Waals surface area contributed by atoms with Crippen molar-refractivity contribution in [3.05, 3.63) is 53.1 Å². The molecule has 0 radical (unpaired) electrons. The summed E-state index contributed by atoms with van der Waals surface area (Å²) in [6, 6.07) is 11.0. The molecule has 5 N–H and O–H groups in total. The quantitative estimate of drug-likeness (QED) is 0.753. The lowest BCUT2D eigenvalue weighted by Gasteiger charge is -2.14. The van der Waals surface area contributed by atoms with E-state index in [1.54, 1.807) is 18.2 Å². The lowest BCUT2D eigenvalue weighted by molar-refractivity contribution is 0.102. The number of nitrogen functional groups attached to an aromatic ring is 2. The van der Waals surface area contributed by atoms with Crippen molar-refractivity contribution in [2.45, 2.75) is 26.7 Å². The Morgan fingerprint density at radius 2 is 1.52 bits per heavy atom. The molecule has 0 fully saturated rings. The van der Waals surface area contributed by atoms with Crippen LogP contribution in [0.15, 0.2) is 36.4 Å². The highest BCUT2D eigenvalue weighted by Crippen LogP contribution is 2.24. The van der Waals surface area contributed by atoms with Crippen molar-refractivity contribution in [2.24, 2.45) is 0 Å². The molecule has 4 nitrogen and oxygen atoms in total. The smallest absolute Gasteiger partial charge is 0.255 e. The van der Waals surface area contributed by atoms with E-state index in [2.05, 4.69) is 19.2 Å². The average molecular weight is 283 g/mol. The number of carbonyl (C=O) groups excluding carboxylic acids is 1. The van der Waals surface area contributed by atoms with E-state index in [1.165, 1.54) is 0 Å². The second kappa shape index (κ2) is 6.31. The normalized spacial score (nSPS) is 10.4. The molecular weight excluding hydrogens is 262 g/mol. The van der Waals surface area contributed by atoms with Gasteiger partial charge in [0.2, 0.25) is 0 Å². The van der Waals surface area contributed by atoms with Crippen LogP contribution in [-0.4, -0.2) is 5.91 Å². The van der Waals surface area contributed by atoms with Crippen molar-refractivity contribution in [3.63, 3.8) is 0 Å². The lowest BCUT2D eigenvalue weighted by atomic mass is 10.0. The molecule has 0 aliphatic heterocycles. The van der Waals surface area contributed by atoms with E-state index in [0.29, 0.717) is 16.9 Å². The number of hydrogen-bond donors (Lipinski definition) is 3. The number of nitrogens with two attached hydrogens (primary N) is 2. The highest BCUT2D eigenvalue weighted by atomic mass is 16.1. The molecular formula is C17H21N3O. The van der Waals surface area contributed by atoms with Crippen LogP contribution in [0.1, 0.15) is 35.3 Å². The number of carbonyl (C=O) groups is 1. The Hall–Kier alpha value is -2.49. The first-order chi connectivity index (χ1) is 10.0. The number of anilines is 3. The Morgan fingerprint density at radius 1 is 1.00 bits per heavy atom. The average Bonchev–Trinajstić information content (AvgIpc) is 2.46. The summed E-state index contributed by atoms with van der Waals surface area (Å²) in [6.07, 6.45) is 1.73. The van der Waals surface area contributed by atoms with Crippen LogP contribution in [0.5, 0.6) is 0 Å². The summed E-state index contributed by atoms with van der Waals surface area (Å²) in [5.74, 6) is -0.190. The standard InChI is InChI=1S/C17H21N3O/c1-3-11-6-5-7-12(4-2)16(11)20-17(21)13-8-14(18)10-15(19)9-13/h5-10H,3-4,18-19H2,1-2H3,(H,20,21). The molecule has 0 bridgehead atoms. The van der Waals surface area contributed by atoms with E-state index in [4.69, 9.17) is 11.5 Å². The predicted octanol–water partition coefficient (Wildman–Crippen LogP) is 3.23. The Bertz CT molecular complexity index is 623. The van der Waals surface area contributed by atoms with Gasteiger partial charge in [0.1, 0.15) is 0 Å². The number of nitrogens with one attached hydrogen (secondary N) is 1. The van der Waals surface area contributed by atoms with E-state index in [-0.39, 0.29) is 5.91 Å². The molecule has 1 amide bonds. The van der Waals surface area contributed by atoms with Crippen LogP contribution >= 0.6 is 0 Å². The van der Waals surface area contributed by atoms with Gasteiger partial charge >= 0.3 is 0 Å². The molecule has 110 valence electrons. The largest absolute Gasteiger partial charge is 0.399 e. The van der Waals surface area contributed by atoms with Crippen LogP contribution < -0.4 is 16.8 Å². The molecule has 2 rings (SSSR count). The number of aryl methyl sites for hydroxylation is 2. The minimum atomic E-state index is -0.190. The van der Waals surface area contributed by atoms with E-state index >= 15 is 0 Å². The molecule has 21 heavy (non-hydrogen) atoms. The zero-order valence-electron chi connectivity index (χ0n) is 12.4. The molecule has 2 aromatic carbocycles. The minimum Gasteiger partial charge on any atom is -0.399 e. The van der Waals surface area contributed by atoms with Crippen molar-refractivity contribution in [3.8, 4) is 0 Å². The maximum atomic E-state index is 12.4. The molecule has 2 aromatic rings. The third-order valence-electron chi connectivity index (χ3n) is 3.48. The first kappa shape index (κ1) is 14.9. The fraction of sp³-hybridized carbons (Fsp3) is 0.235. The van der Waals surface area contributed by atoms with Crippen molar-refractivity contribution in [2.75, 3.05) is 16.8 Å². The van der Waals surface area contributed by atoms with Gasteiger partial charge in [0.15, 0.2) is 0 Å². The Labute approximate surface area is 125 Å². The second-order valence-electron chi connectivity index (χ2n) is 5.00. The summed E-state index contributed by atoms with van der Waals surface area (Å²) >= 11 is 0. The number of amides is 1. The molecule has 0 heterocycles. The lowest BCUT2D eigenvalue weighted by Crippen LogP contribution is -2.15. The van der Waals surface area contributed by atoms with Crippen LogP contribution in [0, 0.1) is 0 Å². The van der Waals surface area contributed by atoms with Gasteiger partial charge in [0, 0.05) is 22.6 Å².